The van der Waals surface area contributed by atoms with Crippen molar-refractivity contribution < 1.29 is 14.3 Å². The second-order valence-corrected chi connectivity index (χ2v) is 6.42. The molecule has 1 aliphatic rings. The molecule has 0 amide bonds. The van der Waals surface area contributed by atoms with Gasteiger partial charge in [0, 0.05) is 12.1 Å². The van der Waals surface area contributed by atoms with Gasteiger partial charge in [-0.15, -0.1) is 0 Å². The summed E-state index contributed by atoms with van der Waals surface area (Å²) in [4.78, 5) is 13.7. The van der Waals surface area contributed by atoms with E-state index in [4.69, 9.17) is 9.47 Å². The van der Waals surface area contributed by atoms with E-state index >= 15 is 0 Å². The van der Waals surface area contributed by atoms with Crippen LogP contribution in [0.4, 0.5) is 0 Å². The second-order valence-electron chi connectivity index (χ2n) is 6.42. The van der Waals surface area contributed by atoms with E-state index in [2.05, 4.69) is 18.7 Å². The Labute approximate surface area is 139 Å². The summed E-state index contributed by atoms with van der Waals surface area (Å²) >= 11 is 0. The van der Waals surface area contributed by atoms with E-state index in [-0.39, 0.29) is 0 Å². The van der Waals surface area contributed by atoms with Gasteiger partial charge in [0.25, 0.3) is 0 Å². The Morgan fingerprint density at radius 2 is 1.96 bits per heavy atom. The summed E-state index contributed by atoms with van der Waals surface area (Å²) in [6, 6.07) is 6.75. The average molecular weight is 319 g/mol. The Bertz CT molecular complexity index is 493. The second kappa shape index (κ2) is 8.92. The van der Waals surface area contributed by atoms with Gasteiger partial charge in [-0.2, -0.15) is 0 Å². The minimum atomic E-state index is 0.544. The maximum absolute atomic E-state index is 11.1. The molecule has 2 atom stereocenters. The molecule has 0 N–H and O–H groups in total. The minimum Gasteiger partial charge on any atom is -0.493 e. The van der Waals surface area contributed by atoms with Crippen molar-refractivity contribution in [1.82, 2.24) is 4.90 Å². The van der Waals surface area contributed by atoms with Crippen LogP contribution < -0.4 is 9.47 Å². The molecule has 4 nitrogen and oxygen atoms in total. The lowest BCUT2D eigenvalue weighted by atomic mass is 9.97. The molecule has 128 valence electrons. The van der Waals surface area contributed by atoms with Crippen LogP contribution >= 0.6 is 0 Å². The van der Waals surface area contributed by atoms with Gasteiger partial charge in [-0.25, -0.2) is 0 Å². The number of para-hydroxylation sites is 1. The van der Waals surface area contributed by atoms with Crippen LogP contribution in [-0.4, -0.2) is 43.5 Å². The third kappa shape index (κ3) is 4.71. The number of carbonyl (C=O) groups is 1. The van der Waals surface area contributed by atoms with Crippen LogP contribution in [0.25, 0.3) is 0 Å². The van der Waals surface area contributed by atoms with Gasteiger partial charge in [0.1, 0.15) is 0 Å². The summed E-state index contributed by atoms with van der Waals surface area (Å²) < 4.78 is 11.1. The van der Waals surface area contributed by atoms with Crippen LogP contribution in [0.2, 0.25) is 0 Å². The Kier molecular flexibility index (Phi) is 6.90. The Balaban J connectivity index is 1.78. The highest BCUT2D eigenvalue weighted by Crippen LogP contribution is 2.30. The van der Waals surface area contributed by atoms with Crippen LogP contribution in [-0.2, 0) is 0 Å². The number of piperidine rings is 1. The standard InChI is InChI=1S/C19H29NO3/c1-15-8-6-9-16(2)20(15)12-4-5-13-23-19-17(14-21)10-7-11-18(19)22-3/h7,10-11,14-16H,4-6,8-9,12-13H2,1-3H3/t15-,16+. The SMILES string of the molecule is COc1cccc(C=O)c1OCCCCN1[C@H](C)CCC[C@@H]1C. The van der Waals surface area contributed by atoms with E-state index in [0.29, 0.717) is 35.8 Å². The van der Waals surface area contributed by atoms with Gasteiger partial charge in [0.2, 0.25) is 0 Å². The highest BCUT2D eigenvalue weighted by molar-refractivity contribution is 5.81. The smallest absolute Gasteiger partial charge is 0.171 e. The van der Waals surface area contributed by atoms with E-state index < -0.39 is 0 Å². The minimum absolute atomic E-state index is 0.544. The van der Waals surface area contributed by atoms with Crippen molar-refractivity contribution in [2.45, 2.75) is 58.0 Å². The highest BCUT2D eigenvalue weighted by Gasteiger charge is 2.23. The number of hydrogen-bond donors (Lipinski definition) is 0. The molecule has 0 bridgehead atoms. The topological polar surface area (TPSA) is 38.8 Å². The zero-order chi connectivity index (χ0) is 16.7. The van der Waals surface area contributed by atoms with E-state index in [1.165, 1.54) is 19.3 Å². The Morgan fingerprint density at radius 3 is 2.61 bits per heavy atom. The van der Waals surface area contributed by atoms with Crippen molar-refractivity contribution in [1.29, 1.82) is 0 Å². The van der Waals surface area contributed by atoms with Crippen LogP contribution in [0.1, 0.15) is 56.3 Å². The van der Waals surface area contributed by atoms with E-state index in [1.807, 2.05) is 6.07 Å². The van der Waals surface area contributed by atoms with Crippen molar-refractivity contribution in [3.8, 4) is 11.5 Å². The monoisotopic (exact) mass is 319 g/mol. The summed E-state index contributed by atoms with van der Waals surface area (Å²) in [6.07, 6.45) is 6.88. The van der Waals surface area contributed by atoms with Crippen LogP contribution in [0.3, 0.4) is 0 Å². The molecule has 0 aromatic heterocycles. The Morgan fingerprint density at radius 1 is 1.22 bits per heavy atom. The van der Waals surface area contributed by atoms with Crippen molar-refractivity contribution in [3.05, 3.63) is 23.8 Å². The van der Waals surface area contributed by atoms with Crippen LogP contribution in [0.5, 0.6) is 11.5 Å². The van der Waals surface area contributed by atoms with Gasteiger partial charge >= 0.3 is 0 Å². The summed E-state index contributed by atoms with van der Waals surface area (Å²) in [5, 5.41) is 0. The molecule has 1 heterocycles. The van der Waals surface area contributed by atoms with E-state index in [0.717, 1.165) is 25.7 Å². The predicted molar refractivity (Wildman–Crippen MR) is 92.6 cm³/mol. The molecular weight excluding hydrogens is 290 g/mol. The first-order valence-electron chi connectivity index (χ1n) is 8.68. The maximum atomic E-state index is 11.1. The number of rotatable bonds is 8. The van der Waals surface area contributed by atoms with Crippen molar-refractivity contribution in [3.63, 3.8) is 0 Å². The summed E-state index contributed by atoms with van der Waals surface area (Å²) in [7, 11) is 1.59. The van der Waals surface area contributed by atoms with E-state index in [1.54, 1.807) is 19.2 Å². The fraction of sp³-hybridized carbons (Fsp3) is 0.632. The third-order valence-electron chi connectivity index (χ3n) is 4.79. The molecular formula is C19H29NO3. The van der Waals surface area contributed by atoms with E-state index in [9.17, 15) is 4.79 Å². The zero-order valence-corrected chi connectivity index (χ0v) is 14.6. The largest absolute Gasteiger partial charge is 0.493 e. The lowest BCUT2D eigenvalue weighted by Gasteiger charge is -2.39. The molecule has 0 radical (unpaired) electrons. The van der Waals surface area contributed by atoms with Crippen LogP contribution in [0, 0.1) is 0 Å². The van der Waals surface area contributed by atoms with Gasteiger partial charge < -0.3 is 9.47 Å². The molecule has 1 aromatic rings. The van der Waals surface area contributed by atoms with Crippen LogP contribution in [0.15, 0.2) is 18.2 Å². The number of nitrogens with zero attached hydrogens (tertiary/aromatic N) is 1. The normalized spacial score (nSPS) is 21.9. The highest BCUT2D eigenvalue weighted by atomic mass is 16.5. The lowest BCUT2D eigenvalue weighted by molar-refractivity contribution is 0.0994. The molecule has 1 saturated heterocycles. The fourth-order valence-electron chi connectivity index (χ4n) is 3.43. The zero-order valence-electron chi connectivity index (χ0n) is 14.6. The first-order valence-corrected chi connectivity index (χ1v) is 8.68. The summed E-state index contributed by atoms with van der Waals surface area (Å²) in [5.74, 6) is 1.18. The number of likely N-dealkylation sites (tertiary alicyclic amines) is 1. The number of ether oxygens (including phenoxy) is 2. The molecule has 4 heteroatoms. The molecule has 23 heavy (non-hydrogen) atoms. The molecule has 0 saturated carbocycles. The maximum Gasteiger partial charge on any atom is 0.171 e. The first-order chi connectivity index (χ1) is 11.2. The molecule has 2 rings (SSSR count). The number of benzene rings is 1. The Hall–Kier alpha value is -1.55. The third-order valence-corrected chi connectivity index (χ3v) is 4.79. The van der Waals surface area contributed by atoms with Gasteiger partial charge in [0.15, 0.2) is 17.8 Å². The van der Waals surface area contributed by atoms with Gasteiger partial charge in [-0.05, 0) is 58.2 Å². The van der Waals surface area contributed by atoms with Gasteiger partial charge in [-0.1, -0.05) is 12.5 Å². The quantitative estimate of drug-likeness (QED) is 0.537. The summed E-state index contributed by atoms with van der Waals surface area (Å²) in [5.41, 5.74) is 0.544. The first kappa shape index (κ1) is 17.8. The number of hydrogen-bond acceptors (Lipinski definition) is 4. The fourth-order valence-corrected chi connectivity index (χ4v) is 3.43. The van der Waals surface area contributed by atoms with Gasteiger partial charge in [0.05, 0.1) is 19.3 Å². The predicted octanol–water partition coefficient (Wildman–Crippen LogP) is 3.93. The molecule has 0 unspecified atom stereocenters. The number of aldehydes is 1. The molecule has 1 fully saturated rings. The van der Waals surface area contributed by atoms with Gasteiger partial charge in [-0.3, -0.25) is 9.69 Å². The molecule has 1 aromatic carbocycles. The molecule has 1 aliphatic heterocycles. The molecule has 0 aliphatic carbocycles. The average Bonchev–Trinajstić information content (AvgIpc) is 2.56. The lowest BCUT2D eigenvalue weighted by Crippen LogP contribution is -2.44. The number of unbranched alkanes of at least 4 members (excludes halogenated alkanes) is 1. The van der Waals surface area contributed by atoms with Crippen molar-refractivity contribution in [2.75, 3.05) is 20.3 Å². The molecule has 0 spiro atoms. The number of carbonyl (C=O) groups excluding carboxylic acids is 1. The van der Waals surface area contributed by atoms with Crippen molar-refractivity contribution >= 4 is 6.29 Å². The summed E-state index contributed by atoms with van der Waals surface area (Å²) in [6.45, 7) is 6.39. The number of methoxy groups -OCH3 is 1. The van der Waals surface area contributed by atoms with Crippen molar-refractivity contribution in [2.24, 2.45) is 0 Å².